The fourth-order valence-corrected chi connectivity index (χ4v) is 2.85. The van der Waals surface area contributed by atoms with Crippen LogP contribution in [0.15, 0.2) is 54.6 Å². The number of benzene rings is 3. The van der Waals surface area contributed by atoms with Gasteiger partial charge in [-0.3, -0.25) is 14.9 Å². The van der Waals surface area contributed by atoms with Crippen LogP contribution in [0.3, 0.4) is 0 Å². The standard InChI is InChI=1S/C21H18N2O7/c1-28-18-8-7-15(23(26)27)11-17(18)22-20(24)12-30-21(25)16-9-13-5-3-4-6-14(13)10-19(16)29-2/h3-11H,12H2,1-2H3,(H,22,24). The number of non-ortho nitro benzene ring substituents is 1. The van der Waals surface area contributed by atoms with E-state index in [2.05, 4.69) is 5.32 Å². The molecule has 0 heterocycles. The zero-order valence-corrected chi connectivity index (χ0v) is 16.2. The van der Waals surface area contributed by atoms with Crippen LogP contribution >= 0.6 is 0 Å². The van der Waals surface area contributed by atoms with E-state index in [0.29, 0.717) is 5.75 Å². The number of fused-ring (bicyclic) bond motifs is 1. The van der Waals surface area contributed by atoms with E-state index < -0.39 is 23.4 Å². The Labute approximate surface area is 171 Å². The Bertz CT molecular complexity index is 1130. The maximum atomic E-state index is 12.5. The largest absolute Gasteiger partial charge is 0.496 e. The Kier molecular flexibility index (Phi) is 6.11. The minimum atomic E-state index is -0.737. The highest BCUT2D eigenvalue weighted by molar-refractivity contribution is 6.00. The Hall–Kier alpha value is -4.14. The summed E-state index contributed by atoms with van der Waals surface area (Å²) in [6, 6.07) is 14.5. The third-order valence-corrected chi connectivity index (χ3v) is 4.29. The molecule has 9 nitrogen and oxygen atoms in total. The zero-order chi connectivity index (χ0) is 21.7. The number of ether oxygens (including phenoxy) is 3. The first kappa shape index (κ1) is 20.6. The maximum Gasteiger partial charge on any atom is 0.342 e. The molecule has 0 aliphatic rings. The van der Waals surface area contributed by atoms with Crippen molar-refractivity contribution in [2.24, 2.45) is 0 Å². The highest BCUT2D eigenvalue weighted by Gasteiger charge is 2.18. The summed E-state index contributed by atoms with van der Waals surface area (Å²) in [6.07, 6.45) is 0. The molecule has 3 aromatic rings. The number of amides is 1. The summed E-state index contributed by atoms with van der Waals surface area (Å²) < 4.78 is 15.4. The number of hydrogen-bond acceptors (Lipinski definition) is 7. The van der Waals surface area contributed by atoms with Gasteiger partial charge < -0.3 is 19.5 Å². The number of nitro benzene ring substituents is 1. The van der Waals surface area contributed by atoms with E-state index in [0.717, 1.165) is 16.8 Å². The quantitative estimate of drug-likeness (QED) is 0.359. The van der Waals surface area contributed by atoms with Gasteiger partial charge in [0.05, 0.1) is 24.8 Å². The fourth-order valence-electron chi connectivity index (χ4n) is 2.85. The minimum Gasteiger partial charge on any atom is -0.496 e. The number of carbonyl (C=O) groups is 2. The molecule has 9 heteroatoms. The molecule has 154 valence electrons. The van der Waals surface area contributed by atoms with Crippen molar-refractivity contribution in [1.29, 1.82) is 0 Å². The summed E-state index contributed by atoms with van der Waals surface area (Å²) >= 11 is 0. The van der Waals surface area contributed by atoms with Crippen molar-refractivity contribution in [3.63, 3.8) is 0 Å². The van der Waals surface area contributed by atoms with Gasteiger partial charge in [0.1, 0.15) is 17.1 Å². The van der Waals surface area contributed by atoms with Crippen LogP contribution in [0.2, 0.25) is 0 Å². The van der Waals surface area contributed by atoms with Crippen LogP contribution in [0, 0.1) is 10.1 Å². The molecule has 0 fully saturated rings. The summed E-state index contributed by atoms with van der Waals surface area (Å²) in [4.78, 5) is 35.1. The normalized spacial score (nSPS) is 10.3. The molecule has 0 radical (unpaired) electrons. The maximum absolute atomic E-state index is 12.5. The molecule has 1 amide bonds. The number of nitrogens with zero attached hydrogens (tertiary/aromatic N) is 1. The lowest BCUT2D eigenvalue weighted by molar-refractivity contribution is -0.384. The van der Waals surface area contributed by atoms with E-state index in [4.69, 9.17) is 14.2 Å². The van der Waals surface area contributed by atoms with Gasteiger partial charge in [-0.1, -0.05) is 24.3 Å². The number of hydrogen-bond donors (Lipinski definition) is 1. The first-order chi connectivity index (χ1) is 14.4. The number of carbonyl (C=O) groups excluding carboxylic acids is 2. The van der Waals surface area contributed by atoms with Gasteiger partial charge in [0.25, 0.3) is 11.6 Å². The van der Waals surface area contributed by atoms with Crippen molar-refractivity contribution in [1.82, 2.24) is 0 Å². The summed E-state index contributed by atoms with van der Waals surface area (Å²) in [5.41, 5.74) is 0.0527. The summed E-state index contributed by atoms with van der Waals surface area (Å²) in [7, 11) is 2.80. The van der Waals surface area contributed by atoms with Crippen LogP contribution < -0.4 is 14.8 Å². The van der Waals surface area contributed by atoms with Gasteiger partial charge in [-0.2, -0.15) is 0 Å². The number of nitrogens with one attached hydrogen (secondary N) is 1. The van der Waals surface area contributed by atoms with Crippen molar-refractivity contribution in [3.8, 4) is 11.5 Å². The third-order valence-electron chi connectivity index (χ3n) is 4.29. The lowest BCUT2D eigenvalue weighted by atomic mass is 10.1. The summed E-state index contributed by atoms with van der Waals surface area (Å²) in [5.74, 6) is -0.864. The molecule has 0 aliphatic heterocycles. The average Bonchev–Trinajstić information content (AvgIpc) is 2.76. The SMILES string of the molecule is COc1ccc([N+](=O)[O-])cc1NC(=O)COC(=O)c1cc2ccccc2cc1OC. The number of rotatable bonds is 7. The van der Waals surface area contributed by atoms with Gasteiger partial charge in [-0.15, -0.1) is 0 Å². The van der Waals surface area contributed by atoms with Crippen molar-refractivity contribution < 1.29 is 28.7 Å². The highest BCUT2D eigenvalue weighted by Crippen LogP contribution is 2.29. The topological polar surface area (TPSA) is 117 Å². The number of anilines is 1. The van der Waals surface area contributed by atoms with Gasteiger partial charge in [0.2, 0.25) is 0 Å². The van der Waals surface area contributed by atoms with Crippen molar-refractivity contribution >= 4 is 34.0 Å². The molecule has 0 spiro atoms. The number of esters is 1. The monoisotopic (exact) mass is 410 g/mol. The second kappa shape index (κ2) is 8.91. The highest BCUT2D eigenvalue weighted by atomic mass is 16.6. The average molecular weight is 410 g/mol. The first-order valence-electron chi connectivity index (χ1n) is 8.79. The second-order valence-corrected chi connectivity index (χ2v) is 6.17. The van der Waals surface area contributed by atoms with Crippen LogP contribution in [0.4, 0.5) is 11.4 Å². The lowest BCUT2D eigenvalue weighted by Crippen LogP contribution is -2.21. The van der Waals surface area contributed by atoms with E-state index >= 15 is 0 Å². The molecule has 3 rings (SSSR count). The van der Waals surface area contributed by atoms with E-state index in [-0.39, 0.29) is 22.7 Å². The van der Waals surface area contributed by atoms with Gasteiger partial charge in [0.15, 0.2) is 6.61 Å². The molecule has 0 aliphatic carbocycles. The van der Waals surface area contributed by atoms with Crippen LogP contribution in [0.25, 0.3) is 10.8 Å². The summed E-state index contributed by atoms with van der Waals surface area (Å²) in [6.45, 7) is -0.597. The molecule has 0 unspecified atom stereocenters. The molecule has 0 atom stereocenters. The van der Waals surface area contributed by atoms with Crippen molar-refractivity contribution in [2.45, 2.75) is 0 Å². The van der Waals surface area contributed by atoms with E-state index in [9.17, 15) is 19.7 Å². The minimum absolute atomic E-state index is 0.0936. The van der Waals surface area contributed by atoms with Gasteiger partial charge in [-0.05, 0) is 29.0 Å². The molecule has 30 heavy (non-hydrogen) atoms. The lowest BCUT2D eigenvalue weighted by Gasteiger charge is -2.12. The Morgan fingerprint density at radius 1 is 0.967 bits per heavy atom. The molecule has 0 aromatic heterocycles. The molecule has 1 N–H and O–H groups in total. The van der Waals surface area contributed by atoms with Crippen LogP contribution in [-0.4, -0.2) is 37.6 Å². The Balaban J connectivity index is 1.72. The molecule has 3 aromatic carbocycles. The third kappa shape index (κ3) is 4.46. The number of nitro groups is 1. The second-order valence-electron chi connectivity index (χ2n) is 6.17. The van der Waals surface area contributed by atoms with Crippen LogP contribution in [0.1, 0.15) is 10.4 Å². The van der Waals surface area contributed by atoms with E-state index in [1.807, 2.05) is 24.3 Å². The zero-order valence-electron chi connectivity index (χ0n) is 16.2. The predicted molar refractivity (Wildman–Crippen MR) is 109 cm³/mol. The van der Waals surface area contributed by atoms with Crippen molar-refractivity contribution in [2.75, 3.05) is 26.1 Å². The predicted octanol–water partition coefficient (Wildman–Crippen LogP) is 3.56. The van der Waals surface area contributed by atoms with Crippen molar-refractivity contribution in [3.05, 3.63) is 70.3 Å². The van der Waals surface area contributed by atoms with Gasteiger partial charge in [-0.25, -0.2) is 4.79 Å². The molecular weight excluding hydrogens is 392 g/mol. The van der Waals surface area contributed by atoms with Crippen LogP contribution in [-0.2, 0) is 9.53 Å². The van der Waals surface area contributed by atoms with E-state index in [1.54, 1.807) is 12.1 Å². The Morgan fingerprint density at radius 3 is 2.27 bits per heavy atom. The smallest absolute Gasteiger partial charge is 0.342 e. The fraction of sp³-hybridized carbons (Fsp3) is 0.143. The first-order valence-corrected chi connectivity index (χ1v) is 8.79. The summed E-state index contributed by atoms with van der Waals surface area (Å²) in [5, 5.41) is 15.1. The molecule has 0 saturated carbocycles. The number of methoxy groups -OCH3 is 2. The van der Waals surface area contributed by atoms with E-state index in [1.165, 1.54) is 26.4 Å². The van der Waals surface area contributed by atoms with Crippen LogP contribution in [0.5, 0.6) is 11.5 Å². The van der Waals surface area contributed by atoms with Gasteiger partial charge in [0, 0.05) is 12.1 Å². The molecular formula is C21H18N2O7. The molecule has 0 saturated heterocycles. The van der Waals surface area contributed by atoms with Gasteiger partial charge >= 0.3 is 5.97 Å². The Morgan fingerprint density at radius 2 is 1.63 bits per heavy atom. The molecule has 0 bridgehead atoms.